The fraction of sp³-hybridized carbons (Fsp3) is 0.500. The van der Waals surface area contributed by atoms with Gasteiger partial charge >= 0.3 is 0 Å². The van der Waals surface area contributed by atoms with E-state index in [2.05, 4.69) is 5.32 Å². The summed E-state index contributed by atoms with van der Waals surface area (Å²) in [6.45, 7) is 0.340. The van der Waals surface area contributed by atoms with Gasteiger partial charge in [0.25, 0.3) is 0 Å². The Morgan fingerprint density at radius 3 is 2.67 bits per heavy atom. The van der Waals surface area contributed by atoms with Gasteiger partial charge in [0.05, 0.1) is 6.10 Å². The predicted octanol–water partition coefficient (Wildman–Crippen LogP) is 1.65. The van der Waals surface area contributed by atoms with Gasteiger partial charge in [-0.25, -0.2) is 4.39 Å². The van der Waals surface area contributed by atoms with Gasteiger partial charge in [0.15, 0.2) is 0 Å². The number of carbonyl (C=O) groups excluding carboxylic acids is 1. The third-order valence-corrected chi connectivity index (χ3v) is 3.23. The fourth-order valence-corrected chi connectivity index (χ4v) is 1.86. The lowest BCUT2D eigenvalue weighted by molar-refractivity contribution is -0.121. The second-order valence-electron chi connectivity index (χ2n) is 4.84. The maximum atomic E-state index is 12.7. The normalized spacial score (nSPS) is 16.3. The standard InChI is InChI=1S/C14H18FNO2/c15-12-6-1-10(2-7-12)3-8-14(18)16-9-13(17)11-4-5-11/h1-2,6-7,11,13,17H,3-5,8-9H2,(H,16,18). The zero-order valence-electron chi connectivity index (χ0n) is 10.2. The summed E-state index contributed by atoms with van der Waals surface area (Å²) in [5.74, 6) is 0.0391. The topological polar surface area (TPSA) is 49.3 Å². The van der Waals surface area contributed by atoms with Crippen molar-refractivity contribution in [3.8, 4) is 0 Å². The molecule has 3 nitrogen and oxygen atoms in total. The van der Waals surface area contributed by atoms with Gasteiger partial charge in [-0.05, 0) is 42.9 Å². The molecule has 98 valence electrons. The molecule has 1 aromatic rings. The van der Waals surface area contributed by atoms with Crippen molar-refractivity contribution in [2.45, 2.75) is 31.8 Å². The minimum absolute atomic E-state index is 0.0703. The number of nitrogens with one attached hydrogen (secondary N) is 1. The average Bonchev–Trinajstić information content (AvgIpc) is 3.19. The Bertz CT molecular complexity index is 401. The lowest BCUT2D eigenvalue weighted by atomic mass is 10.1. The van der Waals surface area contributed by atoms with E-state index in [9.17, 15) is 14.3 Å². The van der Waals surface area contributed by atoms with Crippen molar-refractivity contribution < 1.29 is 14.3 Å². The molecule has 0 bridgehead atoms. The second-order valence-corrected chi connectivity index (χ2v) is 4.84. The number of aliphatic hydroxyl groups is 1. The highest BCUT2D eigenvalue weighted by atomic mass is 19.1. The maximum Gasteiger partial charge on any atom is 0.220 e. The van der Waals surface area contributed by atoms with Crippen LogP contribution in [-0.4, -0.2) is 23.7 Å². The summed E-state index contributed by atoms with van der Waals surface area (Å²) in [6, 6.07) is 6.15. The first-order chi connectivity index (χ1) is 8.65. The molecule has 2 rings (SSSR count). The van der Waals surface area contributed by atoms with Crippen LogP contribution in [0.5, 0.6) is 0 Å². The van der Waals surface area contributed by atoms with E-state index in [0.717, 1.165) is 18.4 Å². The van der Waals surface area contributed by atoms with Crippen LogP contribution in [-0.2, 0) is 11.2 Å². The zero-order valence-corrected chi connectivity index (χ0v) is 10.2. The Balaban J connectivity index is 1.66. The van der Waals surface area contributed by atoms with Crippen LogP contribution in [0.1, 0.15) is 24.8 Å². The molecule has 1 atom stereocenters. The van der Waals surface area contributed by atoms with E-state index >= 15 is 0 Å². The molecule has 0 radical (unpaired) electrons. The number of rotatable bonds is 6. The number of halogens is 1. The Labute approximate surface area is 106 Å². The molecule has 1 amide bonds. The van der Waals surface area contributed by atoms with Crippen LogP contribution in [0.3, 0.4) is 0 Å². The number of benzene rings is 1. The van der Waals surface area contributed by atoms with Crippen molar-refractivity contribution in [3.63, 3.8) is 0 Å². The SMILES string of the molecule is O=C(CCc1ccc(F)cc1)NCC(O)C1CC1. The largest absolute Gasteiger partial charge is 0.391 e. The summed E-state index contributed by atoms with van der Waals surface area (Å²) in [4.78, 5) is 11.5. The lowest BCUT2D eigenvalue weighted by Crippen LogP contribution is -2.33. The van der Waals surface area contributed by atoms with Crippen LogP contribution in [0, 0.1) is 11.7 Å². The number of aliphatic hydroxyl groups excluding tert-OH is 1. The zero-order chi connectivity index (χ0) is 13.0. The summed E-state index contributed by atoms with van der Waals surface area (Å²) in [5, 5.41) is 12.3. The Kier molecular flexibility index (Phi) is 4.31. The molecule has 2 N–H and O–H groups in total. The van der Waals surface area contributed by atoms with E-state index in [1.165, 1.54) is 12.1 Å². The molecule has 1 saturated carbocycles. The molecular weight excluding hydrogens is 233 g/mol. The van der Waals surface area contributed by atoms with Gasteiger partial charge in [0.2, 0.25) is 5.91 Å². The summed E-state index contributed by atoms with van der Waals surface area (Å²) in [6.07, 6.45) is 2.67. The first-order valence-corrected chi connectivity index (χ1v) is 6.34. The second kappa shape index (κ2) is 5.96. The van der Waals surface area contributed by atoms with Gasteiger partial charge in [-0.1, -0.05) is 12.1 Å². The van der Waals surface area contributed by atoms with Crippen molar-refractivity contribution in [3.05, 3.63) is 35.6 Å². The highest BCUT2D eigenvalue weighted by molar-refractivity contribution is 5.76. The number of hydrogen-bond donors (Lipinski definition) is 2. The van der Waals surface area contributed by atoms with Crippen LogP contribution in [0.2, 0.25) is 0 Å². The van der Waals surface area contributed by atoms with Crippen molar-refractivity contribution >= 4 is 5.91 Å². The van der Waals surface area contributed by atoms with Crippen molar-refractivity contribution in [2.24, 2.45) is 5.92 Å². The minimum atomic E-state index is -0.403. The number of carbonyl (C=O) groups is 1. The Morgan fingerprint density at radius 1 is 1.39 bits per heavy atom. The molecule has 4 heteroatoms. The van der Waals surface area contributed by atoms with Crippen LogP contribution >= 0.6 is 0 Å². The number of amides is 1. The highest BCUT2D eigenvalue weighted by Gasteiger charge is 2.29. The van der Waals surface area contributed by atoms with Crippen molar-refractivity contribution in [1.29, 1.82) is 0 Å². The molecule has 1 fully saturated rings. The van der Waals surface area contributed by atoms with E-state index in [4.69, 9.17) is 0 Å². The Hall–Kier alpha value is -1.42. The number of hydrogen-bond acceptors (Lipinski definition) is 2. The van der Waals surface area contributed by atoms with Gasteiger partial charge in [0, 0.05) is 13.0 Å². The third-order valence-electron chi connectivity index (χ3n) is 3.23. The molecule has 0 aromatic heterocycles. The molecule has 0 aliphatic heterocycles. The lowest BCUT2D eigenvalue weighted by Gasteiger charge is -2.10. The summed E-state index contributed by atoms with van der Waals surface area (Å²) < 4.78 is 12.7. The quantitative estimate of drug-likeness (QED) is 0.807. The van der Waals surface area contributed by atoms with E-state index in [0.29, 0.717) is 25.3 Å². The van der Waals surface area contributed by atoms with Crippen LogP contribution < -0.4 is 5.32 Å². The van der Waals surface area contributed by atoms with Crippen LogP contribution in [0.4, 0.5) is 4.39 Å². The predicted molar refractivity (Wildman–Crippen MR) is 66.5 cm³/mol. The number of aryl methyl sites for hydroxylation is 1. The van der Waals surface area contributed by atoms with Gasteiger partial charge in [-0.2, -0.15) is 0 Å². The molecule has 1 aliphatic carbocycles. The average molecular weight is 251 g/mol. The van der Waals surface area contributed by atoms with E-state index in [-0.39, 0.29) is 11.7 Å². The first kappa shape index (κ1) is 13.0. The van der Waals surface area contributed by atoms with Gasteiger partial charge < -0.3 is 10.4 Å². The van der Waals surface area contributed by atoms with E-state index < -0.39 is 6.10 Å². The van der Waals surface area contributed by atoms with Gasteiger partial charge in [-0.3, -0.25) is 4.79 Å². The minimum Gasteiger partial charge on any atom is -0.391 e. The molecule has 0 spiro atoms. The highest BCUT2D eigenvalue weighted by Crippen LogP contribution is 2.32. The van der Waals surface area contributed by atoms with Gasteiger partial charge in [0.1, 0.15) is 5.82 Å². The van der Waals surface area contributed by atoms with E-state index in [1.807, 2.05) is 0 Å². The van der Waals surface area contributed by atoms with E-state index in [1.54, 1.807) is 12.1 Å². The molecule has 1 aromatic carbocycles. The molecule has 18 heavy (non-hydrogen) atoms. The molecule has 1 unspecified atom stereocenters. The monoisotopic (exact) mass is 251 g/mol. The molecule has 0 saturated heterocycles. The fourth-order valence-electron chi connectivity index (χ4n) is 1.86. The van der Waals surface area contributed by atoms with Crippen LogP contribution in [0.15, 0.2) is 24.3 Å². The third kappa shape index (κ3) is 4.11. The molecule has 1 aliphatic rings. The first-order valence-electron chi connectivity index (χ1n) is 6.34. The molecular formula is C14H18FNO2. The maximum absolute atomic E-state index is 12.7. The van der Waals surface area contributed by atoms with Crippen molar-refractivity contribution in [2.75, 3.05) is 6.54 Å². The van der Waals surface area contributed by atoms with Crippen LogP contribution in [0.25, 0.3) is 0 Å². The Morgan fingerprint density at radius 2 is 2.06 bits per heavy atom. The summed E-state index contributed by atoms with van der Waals surface area (Å²) in [7, 11) is 0. The summed E-state index contributed by atoms with van der Waals surface area (Å²) >= 11 is 0. The summed E-state index contributed by atoms with van der Waals surface area (Å²) in [5.41, 5.74) is 0.939. The molecule has 0 heterocycles. The van der Waals surface area contributed by atoms with Gasteiger partial charge in [-0.15, -0.1) is 0 Å². The van der Waals surface area contributed by atoms with Crippen molar-refractivity contribution in [1.82, 2.24) is 5.32 Å². The smallest absolute Gasteiger partial charge is 0.220 e.